The molecule has 4 heteroatoms. The number of hydrogen-bond acceptors (Lipinski definition) is 4. The van der Waals surface area contributed by atoms with Gasteiger partial charge in [0.05, 0.1) is 24.3 Å². The molecule has 0 N–H and O–H groups in total. The van der Waals surface area contributed by atoms with E-state index in [-0.39, 0.29) is 11.1 Å². The molecular weight excluding hydrogens is 328 g/mol. The average Bonchev–Trinajstić information content (AvgIpc) is 2.62. The van der Waals surface area contributed by atoms with Crippen molar-refractivity contribution in [1.29, 1.82) is 0 Å². The topological polar surface area (TPSA) is 52.6 Å². The van der Waals surface area contributed by atoms with Crippen LogP contribution in [-0.2, 0) is 9.47 Å². The summed E-state index contributed by atoms with van der Waals surface area (Å²) >= 11 is 0. The van der Waals surface area contributed by atoms with Gasteiger partial charge in [0.2, 0.25) is 0 Å². The Morgan fingerprint density at radius 3 is 1.50 bits per heavy atom. The normalized spacial score (nSPS) is 13.1. The molecule has 2 atom stereocenters. The predicted octanol–water partition coefficient (Wildman–Crippen LogP) is 5.65. The van der Waals surface area contributed by atoms with Crippen molar-refractivity contribution in [2.24, 2.45) is 11.8 Å². The van der Waals surface area contributed by atoms with Crippen LogP contribution in [0.1, 0.15) is 86.9 Å². The number of ether oxygens (including phenoxy) is 2. The lowest BCUT2D eigenvalue weighted by atomic mass is 10.0. The van der Waals surface area contributed by atoms with Gasteiger partial charge in [0.15, 0.2) is 0 Å². The molecular formula is C22H34O4. The van der Waals surface area contributed by atoms with Crippen LogP contribution in [0.3, 0.4) is 0 Å². The van der Waals surface area contributed by atoms with Crippen LogP contribution in [0.2, 0.25) is 0 Å². The Kier molecular flexibility index (Phi) is 10.7. The maximum absolute atomic E-state index is 12.3. The van der Waals surface area contributed by atoms with Gasteiger partial charge in [0.1, 0.15) is 0 Å². The molecule has 2 unspecified atom stereocenters. The Morgan fingerprint density at radius 1 is 0.769 bits per heavy atom. The molecule has 0 spiro atoms. The zero-order valence-electron chi connectivity index (χ0n) is 16.8. The highest BCUT2D eigenvalue weighted by Gasteiger charge is 2.19. The molecule has 0 saturated carbocycles. The molecule has 0 aliphatic carbocycles. The molecule has 0 aliphatic rings. The Balaban J connectivity index is 2.57. The fraction of sp³-hybridized carbons (Fsp3) is 0.636. The summed E-state index contributed by atoms with van der Waals surface area (Å²) in [4.78, 5) is 24.7. The molecule has 0 radical (unpaired) electrons. The van der Waals surface area contributed by atoms with E-state index in [1.165, 1.54) is 0 Å². The summed E-state index contributed by atoms with van der Waals surface area (Å²) in [5, 5.41) is 0. The fourth-order valence-corrected chi connectivity index (χ4v) is 2.97. The summed E-state index contributed by atoms with van der Waals surface area (Å²) in [6.07, 6.45) is 6.16. The van der Waals surface area contributed by atoms with Crippen LogP contribution in [0.5, 0.6) is 0 Å². The minimum Gasteiger partial charge on any atom is -0.462 e. The van der Waals surface area contributed by atoms with E-state index in [0.717, 1.165) is 38.5 Å². The summed E-state index contributed by atoms with van der Waals surface area (Å²) in [7, 11) is 0. The lowest BCUT2D eigenvalue weighted by Gasteiger charge is -2.13. The Bertz CT molecular complexity index is 504. The molecule has 1 aromatic carbocycles. The third-order valence-corrected chi connectivity index (χ3v) is 4.62. The largest absolute Gasteiger partial charge is 0.462 e. The minimum absolute atomic E-state index is 0.280. The summed E-state index contributed by atoms with van der Waals surface area (Å²) in [6.45, 7) is 9.35. The van der Waals surface area contributed by atoms with Gasteiger partial charge in [0, 0.05) is 0 Å². The van der Waals surface area contributed by atoms with E-state index in [1.807, 2.05) is 0 Å². The van der Waals surface area contributed by atoms with Gasteiger partial charge in [-0.25, -0.2) is 9.59 Å². The van der Waals surface area contributed by atoms with Crippen LogP contribution in [0.25, 0.3) is 0 Å². The molecule has 26 heavy (non-hydrogen) atoms. The molecule has 0 amide bonds. The lowest BCUT2D eigenvalue weighted by Crippen LogP contribution is -2.16. The molecule has 0 bridgehead atoms. The average molecular weight is 363 g/mol. The first-order valence-corrected chi connectivity index (χ1v) is 9.92. The quantitative estimate of drug-likeness (QED) is 0.451. The van der Waals surface area contributed by atoms with Crippen molar-refractivity contribution in [3.05, 3.63) is 35.4 Å². The van der Waals surface area contributed by atoms with Crippen LogP contribution >= 0.6 is 0 Å². The molecule has 146 valence electrons. The molecule has 0 heterocycles. The van der Waals surface area contributed by atoms with Gasteiger partial charge >= 0.3 is 11.9 Å². The number of carbonyl (C=O) groups is 2. The van der Waals surface area contributed by atoms with Crippen molar-refractivity contribution in [1.82, 2.24) is 0 Å². The van der Waals surface area contributed by atoms with Crippen molar-refractivity contribution < 1.29 is 19.1 Å². The second kappa shape index (κ2) is 12.5. The Hall–Kier alpha value is -1.84. The van der Waals surface area contributed by atoms with Gasteiger partial charge in [-0.1, -0.05) is 65.5 Å². The van der Waals surface area contributed by atoms with Crippen molar-refractivity contribution in [3.63, 3.8) is 0 Å². The van der Waals surface area contributed by atoms with Gasteiger partial charge in [-0.2, -0.15) is 0 Å². The van der Waals surface area contributed by atoms with Gasteiger partial charge in [-0.05, 0) is 36.8 Å². The van der Waals surface area contributed by atoms with Gasteiger partial charge in [0.25, 0.3) is 0 Å². The standard InChI is InChI=1S/C22H34O4/c1-5-9-17(3)13-15-25-21(23)19-11-7-8-12-20(19)22(24)26-16-14-18(4)10-6-2/h7-8,11-12,17-18H,5-6,9-10,13-16H2,1-4H3. The third kappa shape index (κ3) is 8.03. The highest BCUT2D eigenvalue weighted by Crippen LogP contribution is 2.15. The molecule has 0 fully saturated rings. The molecule has 4 nitrogen and oxygen atoms in total. The van der Waals surface area contributed by atoms with E-state index >= 15 is 0 Å². The van der Waals surface area contributed by atoms with E-state index in [4.69, 9.17) is 9.47 Å². The second-order valence-electron chi connectivity index (χ2n) is 7.18. The summed E-state index contributed by atoms with van der Waals surface area (Å²) < 4.78 is 10.7. The fourth-order valence-electron chi connectivity index (χ4n) is 2.97. The number of benzene rings is 1. The monoisotopic (exact) mass is 362 g/mol. The predicted molar refractivity (Wildman–Crippen MR) is 104 cm³/mol. The first-order chi connectivity index (χ1) is 12.5. The van der Waals surface area contributed by atoms with Crippen LogP contribution < -0.4 is 0 Å². The highest BCUT2D eigenvalue weighted by molar-refractivity contribution is 6.03. The second-order valence-corrected chi connectivity index (χ2v) is 7.18. The Morgan fingerprint density at radius 2 is 1.15 bits per heavy atom. The number of hydrogen-bond donors (Lipinski definition) is 0. The van der Waals surface area contributed by atoms with Gasteiger partial charge in [-0.3, -0.25) is 0 Å². The van der Waals surface area contributed by atoms with Crippen molar-refractivity contribution in [2.45, 2.75) is 66.2 Å². The van der Waals surface area contributed by atoms with Crippen molar-refractivity contribution in [2.75, 3.05) is 13.2 Å². The first kappa shape index (κ1) is 22.2. The Labute approximate surface area is 158 Å². The van der Waals surface area contributed by atoms with E-state index < -0.39 is 11.9 Å². The van der Waals surface area contributed by atoms with E-state index in [1.54, 1.807) is 24.3 Å². The van der Waals surface area contributed by atoms with E-state index in [2.05, 4.69) is 27.7 Å². The molecule has 1 aromatic rings. The molecule has 0 saturated heterocycles. The van der Waals surface area contributed by atoms with Gasteiger partial charge in [-0.15, -0.1) is 0 Å². The first-order valence-electron chi connectivity index (χ1n) is 9.92. The van der Waals surface area contributed by atoms with E-state index in [9.17, 15) is 9.59 Å². The van der Waals surface area contributed by atoms with Gasteiger partial charge < -0.3 is 9.47 Å². The van der Waals surface area contributed by atoms with Crippen LogP contribution in [0.15, 0.2) is 24.3 Å². The third-order valence-electron chi connectivity index (χ3n) is 4.62. The zero-order valence-corrected chi connectivity index (χ0v) is 16.8. The maximum Gasteiger partial charge on any atom is 0.339 e. The SMILES string of the molecule is CCCC(C)CCOC(=O)c1ccccc1C(=O)OCCC(C)CCC. The van der Waals surface area contributed by atoms with Crippen molar-refractivity contribution in [3.8, 4) is 0 Å². The molecule has 0 aromatic heterocycles. The summed E-state index contributed by atoms with van der Waals surface area (Å²) in [6, 6.07) is 6.70. The summed E-state index contributed by atoms with van der Waals surface area (Å²) in [5.74, 6) is 0.137. The molecule has 1 rings (SSSR count). The number of carbonyl (C=O) groups excluding carboxylic acids is 2. The minimum atomic E-state index is -0.458. The lowest BCUT2D eigenvalue weighted by molar-refractivity contribution is 0.0436. The van der Waals surface area contributed by atoms with Crippen LogP contribution in [0, 0.1) is 11.8 Å². The number of rotatable bonds is 12. The summed E-state index contributed by atoms with van der Waals surface area (Å²) in [5.41, 5.74) is 0.560. The highest BCUT2D eigenvalue weighted by atomic mass is 16.5. The smallest absolute Gasteiger partial charge is 0.339 e. The zero-order chi connectivity index (χ0) is 19.4. The molecule has 0 aliphatic heterocycles. The van der Waals surface area contributed by atoms with Crippen LogP contribution in [0.4, 0.5) is 0 Å². The van der Waals surface area contributed by atoms with E-state index in [0.29, 0.717) is 25.0 Å². The maximum atomic E-state index is 12.3. The number of esters is 2. The van der Waals surface area contributed by atoms with Crippen LogP contribution in [-0.4, -0.2) is 25.2 Å². The van der Waals surface area contributed by atoms with Crippen molar-refractivity contribution >= 4 is 11.9 Å².